The summed E-state index contributed by atoms with van der Waals surface area (Å²) in [6.07, 6.45) is 18.2. The summed E-state index contributed by atoms with van der Waals surface area (Å²) in [6.45, 7) is 14.3. The molecule has 4 saturated carbocycles. The Hall–Kier alpha value is -9.03. The maximum absolute atomic E-state index is 14.0. The van der Waals surface area contributed by atoms with Gasteiger partial charge in [-0.05, 0) is 146 Å². The number of methoxy groups -OCH3 is 2. The van der Waals surface area contributed by atoms with Gasteiger partial charge < -0.3 is 50.0 Å². The molecular formula is C73H95ClN14O14S2. The van der Waals surface area contributed by atoms with Crippen LogP contribution in [0.3, 0.4) is 0 Å². The van der Waals surface area contributed by atoms with Gasteiger partial charge in [0.05, 0.1) is 59.3 Å². The van der Waals surface area contributed by atoms with Crippen LogP contribution < -0.4 is 49.7 Å². The van der Waals surface area contributed by atoms with Crippen molar-refractivity contribution in [1.29, 1.82) is 0 Å². The molecule has 0 bridgehead atoms. The maximum atomic E-state index is 14.0. The molecule has 6 atom stereocenters. The molecule has 28 nitrogen and oxygen atoms in total. The van der Waals surface area contributed by atoms with E-state index in [4.69, 9.17) is 45.6 Å². The summed E-state index contributed by atoms with van der Waals surface area (Å²) in [5, 5.41) is 22.3. The first kappa shape index (κ1) is 76.1. The molecule has 2 aromatic carbocycles. The highest BCUT2D eigenvalue weighted by Crippen LogP contribution is 2.49. The van der Waals surface area contributed by atoms with Crippen molar-refractivity contribution < 1.29 is 64.6 Å². The third kappa shape index (κ3) is 16.4. The fourth-order valence-corrected chi connectivity index (χ4v) is 15.6. The third-order valence-corrected chi connectivity index (χ3v) is 25.4. The van der Waals surface area contributed by atoms with Gasteiger partial charge in [-0.25, -0.2) is 45.8 Å². The van der Waals surface area contributed by atoms with Gasteiger partial charge in [-0.1, -0.05) is 63.6 Å². The minimum atomic E-state index is -3.95. The number of benzene rings is 2. The van der Waals surface area contributed by atoms with Crippen LogP contribution in [-0.4, -0.2) is 179 Å². The number of fused-ring (bicyclic) bond motifs is 4. The van der Waals surface area contributed by atoms with Gasteiger partial charge in [-0.2, -0.15) is 10.2 Å². The van der Waals surface area contributed by atoms with E-state index in [0.717, 1.165) is 60.9 Å². The van der Waals surface area contributed by atoms with Crippen molar-refractivity contribution in [3.63, 3.8) is 0 Å². The molecule has 31 heteroatoms. The quantitative estimate of drug-likeness (QED) is 0.0388. The van der Waals surface area contributed by atoms with Crippen LogP contribution in [0, 0.1) is 18.8 Å². The summed E-state index contributed by atoms with van der Waals surface area (Å²) in [4.78, 5) is 94.6. The minimum Gasteiger partial charge on any atom is -0.496 e. The number of urea groups is 2. The van der Waals surface area contributed by atoms with Gasteiger partial charge >= 0.3 is 12.1 Å². The highest BCUT2D eigenvalue weighted by atomic mass is 35.5. The molecule has 4 fully saturated rings. The summed E-state index contributed by atoms with van der Waals surface area (Å²) < 4.78 is 81.6. The number of hydrogen-bond donors (Lipinski definition) is 6. The lowest BCUT2D eigenvalue weighted by Crippen LogP contribution is -2.58. The Bertz CT molecular complexity index is 4300. The molecule has 1 unspecified atom stereocenters. The number of sulfonamides is 2. The largest absolute Gasteiger partial charge is 0.496 e. The molecule has 6 aliphatic rings. The number of aromatic nitrogens is 6. The maximum Gasteiger partial charge on any atom is 0.317 e. The predicted octanol–water partition coefficient (Wildman–Crippen LogP) is 8.85. The summed E-state index contributed by atoms with van der Waals surface area (Å²) in [5.41, 5.74) is 0.754. The highest BCUT2D eigenvalue weighted by Gasteiger charge is 2.64. The van der Waals surface area contributed by atoms with Crippen LogP contribution in [0.2, 0.25) is 5.02 Å². The van der Waals surface area contributed by atoms with E-state index in [9.17, 15) is 45.6 Å². The van der Waals surface area contributed by atoms with E-state index >= 15 is 0 Å². The number of carbonyl (C=O) groups is 6. The second-order valence-electron chi connectivity index (χ2n) is 29.2. The number of aryl methyl sites for hydroxylation is 1. The number of nitrogens with zero attached hydrogens (tertiary/aromatic N) is 8. The molecule has 4 aromatic heterocycles. The van der Waals surface area contributed by atoms with Gasteiger partial charge in [0.15, 0.2) is 11.6 Å². The van der Waals surface area contributed by atoms with Crippen LogP contribution in [0.15, 0.2) is 85.2 Å². The summed E-state index contributed by atoms with van der Waals surface area (Å²) in [7, 11) is -1.46. The van der Waals surface area contributed by atoms with Crippen LogP contribution in [0.4, 0.5) is 9.59 Å². The number of carbonyl (C=O) groups excluding carboxylic acids is 6. The van der Waals surface area contributed by atoms with Crippen molar-refractivity contribution in [3.8, 4) is 34.6 Å². The van der Waals surface area contributed by atoms with E-state index in [1.54, 1.807) is 74.9 Å². The van der Waals surface area contributed by atoms with E-state index in [2.05, 4.69) is 49.7 Å². The summed E-state index contributed by atoms with van der Waals surface area (Å²) >= 11 is 6.71. The predicted molar refractivity (Wildman–Crippen MR) is 392 cm³/mol. The Labute approximate surface area is 611 Å². The Morgan fingerprint density at radius 2 is 1.02 bits per heavy atom. The van der Waals surface area contributed by atoms with E-state index in [0.29, 0.717) is 89.8 Å². The molecule has 6 N–H and O–H groups in total. The van der Waals surface area contributed by atoms with Crippen molar-refractivity contribution >= 4 is 89.1 Å². The number of pyridine rings is 2. The number of rotatable bonds is 20. The second-order valence-corrected chi connectivity index (χ2v) is 34.0. The van der Waals surface area contributed by atoms with Crippen LogP contribution in [0.25, 0.3) is 33.4 Å². The molecule has 6 aromatic rings. The molecule has 2 aliphatic heterocycles. The van der Waals surface area contributed by atoms with Gasteiger partial charge in [-0.3, -0.25) is 28.6 Å². The zero-order valence-corrected chi connectivity index (χ0v) is 63.2. The van der Waals surface area contributed by atoms with Gasteiger partial charge in [0, 0.05) is 92.7 Å². The van der Waals surface area contributed by atoms with Gasteiger partial charge in [0.1, 0.15) is 51.2 Å². The van der Waals surface area contributed by atoms with E-state index in [1.165, 1.54) is 16.9 Å². The highest BCUT2D eigenvalue weighted by molar-refractivity contribution is 7.92. The Morgan fingerprint density at radius 1 is 0.606 bits per heavy atom. The van der Waals surface area contributed by atoms with Crippen molar-refractivity contribution in [2.24, 2.45) is 11.8 Å². The average Bonchev–Trinajstić information content (AvgIpc) is 1.56. The van der Waals surface area contributed by atoms with Gasteiger partial charge in [0.2, 0.25) is 31.9 Å². The molecule has 104 heavy (non-hydrogen) atoms. The molecule has 560 valence electrons. The summed E-state index contributed by atoms with van der Waals surface area (Å²) in [5.74, 6) is -0.174. The molecule has 4 aliphatic carbocycles. The smallest absolute Gasteiger partial charge is 0.317 e. The van der Waals surface area contributed by atoms with Crippen LogP contribution in [0.1, 0.15) is 160 Å². The van der Waals surface area contributed by atoms with Crippen LogP contribution in [-0.2, 0) is 39.2 Å². The first-order chi connectivity index (χ1) is 49.4. The first-order valence-electron chi connectivity index (χ1n) is 35.5. The van der Waals surface area contributed by atoms with Crippen molar-refractivity contribution in [2.75, 3.05) is 54.6 Å². The van der Waals surface area contributed by atoms with E-state index in [1.807, 2.05) is 75.5 Å². The standard InChI is InChI=1S/C37H49N7O7S.C36H46ClN7O7S/c1-23(2)27-14-19-44(41-27)31-21-30(26-12-13-29(50-6)24(3)32(26)39-31)51-20-15-28-33(45)40-37(34(46)42-52(48,49)36(4)16-17-36)22-25(37)11-9-7-8-10-18-43(5)35(47)38-28;1-22(2)25-13-18-44(41-25)29-20-28(24-11-12-27(50-5)30(37)31(24)39-29)51-19-14-26-32(45)40-36(33(46)42-52(48,49)35(3)15-16-35)21-23(36)10-8-6-7-9-17-43(4)34(47)38-26/h9,11-14,19,21,23,25,28H,7-8,10,15-18,20,22H2,1-6H3,(H,38,47)(H,40,45)(H,42,46);8,10-13,18,20,22-23,26H,6-7,9,14-17,19,21H2,1-5H3,(H,38,47)(H,40,45)(H,42,46)/b11-9-;10-8-/t25-,28+,37-;23-,26+,36?/m11/s1. The van der Waals surface area contributed by atoms with E-state index in [-0.39, 0.29) is 55.8 Å². The van der Waals surface area contributed by atoms with Gasteiger partial charge in [0.25, 0.3) is 11.8 Å². The fourth-order valence-electron chi connectivity index (χ4n) is 12.7. The third-order valence-electron chi connectivity index (χ3n) is 20.7. The van der Waals surface area contributed by atoms with Crippen molar-refractivity contribution in [1.82, 2.24) is 70.0 Å². The lowest BCUT2D eigenvalue weighted by molar-refractivity contribution is -0.130. The number of halogens is 1. The average molecular weight is 1490 g/mol. The molecule has 12 rings (SSSR count). The van der Waals surface area contributed by atoms with Crippen LogP contribution >= 0.6 is 11.6 Å². The molecule has 0 radical (unpaired) electrons. The van der Waals surface area contributed by atoms with Crippen molar-refractivity contribution in [2.45, 2.75) is 183 Å². The van der Waals surface area contributed by atoms with E-state index < -0.39 is 100 Å². The molecule has 6 heterocycles. The zero-order chi connectivity index (χ0) is 74.8. The molecular weight excluding hydrogens is 1400 g/mol. The number of amides is 8. The topological polar surface area (TPSA) is 348 Å². The molecule has 0 saturated heterocycles. The zero-order valence-electron chi connectivity index (χ0n) is 60.8. The second kappa shape index (κ2) is 30.6. The Morgan fingerprint density at radius 3 is 1.42 bits per heavy atom. The normalized spacial score (nSPS) is 23.9. The first-order valence-corrected chi connectivity index (χ1v) is 38.9. The SMILES string of the molecule is COc1ccc2c(OCC[C@@H]3NC(=O)N(C)CCCC/C=C\[C@@H]4CC4(C(=O)NS(=O)(=O)C4(C)CC4)NC3=O)cc(-n3ccc(C(C)C)n3)nc2c1Cl.COc1ccc2c(OCC[C@@H]3NC(=O)N(C)CCCC/C=C\[C@@H]4C[C@@]4(C(=O)NS(=O)(=O)C4(C)CC4)NC3=O)cc(-n3ccc(C(C)C)n3)nc2c1C. The summed E-state index contributed by atoms with van der Waals surface area (Å²) in [6, 6.07) is 11.4. The fraction of sp³-hybridized carbons (Fsp3) is 0.534. The number of nitrogens with one attached hydrogen (secondary N) is 6. The Balaban J connectivity index is 0.000000208. The lowest BCUT2D eigenvalue weighted by atomic mass is 10.1. The monoisotopic (exact) mass is 1490 g/mol. The molecule has 8 amide bonds. The van der Waals surface area contributed by atoms with Crippen LogP contribution in [0.5, 0.6) is 23.0 Å². The number of ether oxygens (including phenoxy) is 4. The van der Waals surface area contributed by atoms with Gasteiger partial charge in [-0.15, -0.1) is 0 Å². The number of allylic oxidation sites excluding steroid dienone is 2. The lowest BCUT2D eigenvalue weighted by Gasteiger charge is -2.26. The minimum absolute atomic E-state index is 0.0112. The number of hydrogen-bond acceptors (Lipinski definition) is 18. The van der Waals surface area contributed by atoms with Crippen molar-refractivity contribution in [3.05, 3.63) is 107 Å². The molecule has 0 spiro atoms. The Kier molecular flexibility index (Phi) is 22.4.